The van der Waals surface area contributed by atoms with Crippen LogP contribution in [0.3, 0.4) is 0 Å². The van der Waals surface area contributed by atoms with Crippen molar-refractivity contribution >= 4 is 45.5 Å². The Morgan fingerprint density at radius 3 is 2.83 bits per heavy atom. The fourth-order valence-corrected chi connectivity index (χ4v) is 3.74. The quantitative estimate of drug-likeness (QED) is 0.383. The number of rotatable bonds is 6. The lowest BCUT2D eigenvalue weighted by Gasteiger charge is -2.11. The van der Waals surface area contributed by atoms with Crippen molar-refractivity contribution in [3.05, 3.63) is 33.2 Å². The van der Waals surface area contributed by atoms with Gasteiger partial charge in [-0.25, -0.2) is 4.98 Å². The number of nitrogens with one attached hydrogen (secondary N) is 1. The van der Waals surface area contributed by atoms with Crippen molar-refractivity contribution in [3.8, 4) is 11.5 Å². The van der Waals surface area contributed by atoms with Crippen LogP contribution in [-0.2, 0) is 17.8 Å². The number of nitrogens with two attached hydrogens (primary N) is 1. The van der Waals surface area contributed by atoms with E-state index in [0.29, 0.717) is 54.4 Å². The van der Waals surface area contributed by atoms with Crippen LogP contribution in [0.1, 0.15) is 24.7 Å². The summed E-state index contributed by atoms with van der Waals surface area (Å²) in [6.45, 7) is 2.69. The average Bonchev–Trinajstić information content (AvgIpc) is 3.26. The number of aromatic nitrogens is 4. The van der Waals surface area contributed by atoms with Crippen LogP contribution in [0.2, 0.25) is 0 Å². The number of anilines is 1. The monoisotopic (exact) mass is 512 g/mol. The van der Waals surface area contributed by atoms with Gasteiger partial charge in [0.1, 0.15) is 5.82 Å². The number of halogens is 2. The first-order valence-corrected chi connectivity index (χ1v) is 10.1. The molecule has 3 aromatic rings. The number of fused-ring (bicyclic) bond motifs is 2. The summed E-state index contributed by atoms with van der Waals surface area (Å²) in [5.74, 6) is 1.91. The third-order valence-electron chi connectivity index (χ3n) is 4.54. The van der Waals surface area contributed by atoms with E-state index in [1.54, 1.807) is 11.5 Å². The summed E-state index contributed by atoms with van der Waals surface area (Å²) < 4.78 is 27.4. The molecule has 1 aliphatic rings. The van der Waals surface area contributed by atoms with E-state index in [1.165, 1.54) is 0 Å². The third kappa shape index (κ3) is 3.91. The molecule has 3 N–H and O–H groups in total. The SMILES string of the molecule is CCC(=O)NCCn1c(Cc2cc3c(cc2I)OCO3)nc2c(N)nc(F)nc21. The van der Waals surface area contributed by atoms with Gasteiger partial charge in [0.05, 0.1) is 0 Å². The molecule has 29 heavy (non-hydrogen) atoms. The molecular weight excluding hydrogens is 494 g/mol. The summed E-state index contributed by atoms with van der Waals surface area (Å²) >= 11 is 2.22. The largest absolute Gasteiger partial charge is 0.454 e. The molecule has 0 bridgehead atoms. The van der Waals surface area contributed by atoms with E-state index >= 15 is 0 Å². The summed E-state index contributed by atoms with van der Waals surface area (Å²) in [4.78, 5) is 23.6. The van der Waals surface area contributed by atoms with Crippen LogP contribution >= 0.6 is 22.6 Å². The van der Waals surface area contributed by atoms with E-state index in [2.05, 4.69) is 42.9 Å². The number of carbonyl (C=O) groups excluding carboxylic acids is 1. The Hall–Kier alpha value is -2.70. The smallest absolute Gasteiger partial charge is 0.312 e. The molecule has 9 nitrogen and oxygen atoms in total. The highest BCUT2D eigenvalue weighted by Crippen LogP contribution is 2.36. The Labute approximate surface area is 179 Å². The number of carbonyl (C=O) groups is 1. The second-order valence-electron chi connectivity index (χ2n) is 6.41. The first-order valence-electron chi connectivity index (χ1n) is 8.99. The lowest BCUT2D eigenvalue weighted by atomic mass is 10.1. The molecule has 0 saturated heterocycles. The number of nitrogen functional groups attached to an aromatic ring is 1. The van der Waals surface area contributed by atoms with Gasteiger partial charge in [-0.15, -0.1) is 0 Å². The van der Waals surface area contributed by atoms with E-state index in [1.807, 2.05) is 12.1 Å². The zero-order valence-electron chi connectivity index (χ0n) is 15.5. The maximum absolute atomic E-state index is 13.8. The Morgan fingerprint density at radius 2 is 2.07 bits per heavy atom. The van der Waals surface area contributed by atoms with Crippen LogP contribution in [0.5, 0.6) is 11.5 Å². The number of amides is 1. The molecule has 0 fully saturated rings. The van der Waals surface area contributed by atoms with Gasteiger partial charge in [-0.3, -0.25) is 4.79 Å². The Balaban J connectivity index is 1.72. The Morgan fingerprint density at radius 1 is 1.31 bits per heavy atom. The zero-order chi connectivity index (χ0) is 20.5. The minimum absolute atomic E-state index is 0.0227. The first-order chi connectivity index (χ1) is 14.0. The predicted octanol–water partition coefficient (Wildman–Crippen LogP) is 2.00. The van der Waals surface area contributed by atoms with Gasteiger partial charge in [-0.05, 0) is 40.3 Å². The van der Waals surface area contributed by atoms with Gasteiger partial charge >= 0.3 is 6.08 Å². The van der Waals surface area contributed by atoms with Gasteiger partial charge in [0, 0.05) is 29.5 Å². The third-order valence-corrected chi connectivity index (χ3v) is 5.55. The fraction of sp³-hybridized carbons (Fsp3) is 0.333. The summed E-state index contributed by atoms with van der Waals surface area (Å²) in [6, 6.07) is 3.81. The number of benzene rings is 1. The zero-order valence-corrected chi connectivity index (χ0v) is 17.7. The second-order valence-corrected chi connectivity index (χ2v) is 7.57. The molecule has 2 aromatic heterocycles. The van der Waals surface area contributed by atoms with E-state index in [-0.39, 0.29) is 18.5 Å². The van der Waals surface area contributed by atoms with Crippen LogP contribution in [0.25, 0.3) is 11.2 Å². The highest BCUT2D eigenvalue weighted by Gasteiger charge is 2.21. The van der Waals surface area contributed by atoms with Gasteiger partial charge in [-0.2, -0.15) is 14.4 Å². The second kappa shape index (κ2) is 7.97. The predicted molar refractivity (Wildman–Crippen MR) is 111 cm³/mol. The number of hydrogen-bond acceptors (Lipinski definition) is 7. The molecule has 0 unspecified atom stereocenters. The van der Waals surface area contributed by atoms with Crippen LogP contribution < -0.4 is 20.5 Å². The van der Waals surface area contributed by atoms with Crippen molar-refractivity contribution in [3.63, 3.8) is 0 Å². The van der Waals surface area contributed by atoms with Gasteiger partial charge in [-0.1, -0.05) is 6.92 Å². The molecule has 1 aromatic carbocycles. The lowest BCUT2D eigenvalue weighted by molar-refractivity contribution is -0.120. The molecule has 0 saturated carbocycles. The highest BCUT2D eigenvalue weighted by atomic mass is 127. The maximum Gasteiger partial charge on any atom is 0.312 e. The van der Waals surface area contributed by atoms with Crippen molar-refractivity contribution in [1.29, 1.82) is 0 Å². The van der Waals surface area contributed by atoms with Crippen molar-refractivity contribution in [2.75, 3.05) is 19.1 Å². The van der Waals surface area contributed by atoms with E-state index in [4.69, 9.17) is 15.2 Å². The first kappa shape index (κ1) is 19.6. The molecule has 0 radical (unpaired) electrons. The summed E-state index contributed by atoms with van der Waals surface area (Å²) in [7, 11) is 0. The highest BCUT2D eigenvalue weighted by molar-refractivity contribution is 14.1. The minimum atomic E-state index is -0.919. The fourth-order valence-electron chi connectivity index (χ4n) is 3.11. The van der Waals surface area contributed by atoms with Crippen molar-refractivity contribution in [1.82, 2.24) is 24.8 Å². The van der Waals surface area contributed by atoms with Crippen LogP contribution in [0, 0.1) is 9.65 Å². The van der Waals surface area contributed by atoms with Gasteiger partial charge in [0.25, 0.3) is 0 Å². The number of hydrogen-bond donors (Lipinski definition) is 2. The van der Waals surface area contributed by atoms with Crippen molar-refractivity contribution < 1.29 is 18.7 Å². The Kier molecular flexibility index (Phi) is 5.39. The van der Waals surface area contributed by atoms with E-state index < -0.39 is 6.08 Å². The van der Waals surface area contributed by atoms with Gasteiger partial charge < -0.3 is 25.1 Å². The summed E-state index contributed by atoms with van der Waals surface area (Å²) in [5.41, 5.74) is 7.46. The normalized spacial score (nSPS) is 12.5. The molecule has 152 valence electrons. The average molecular weight is 512 g/mol. The topological polar surface area (TPSA) is 117 Å². The summed E-state index contributed by atoms with van der Waals surface area (Å²) in [6.07, 6.45) is -0.0944. The number of imidazole rings is 1. The van der Waals surface area contributed by atoms with E-state index in [0.717, 1.165) is 9.13 Å². The molecule has 0 aliphatic carbocycles. The molecular formula is C18H18FIN6O3. The van der Waals surface area contributed by atoms with E-state index in [9.17, 15) is 9.18 Å². The number of ether oxygens (including phenoxy) is 2. The van der Waals surface area contributed by atoms with Crippen molar-refractivity contribution in [2.45, 2.75) is 26.3 Å². The van der Waals surface area contributed by atoms with Crippen LogP contribution in [0.15, 0.2) is 12.1 Å². The van der Waals surface area contributed by atoms with Crippen LogP contribution in [0.4, 0.5) is 10.2 Å². The molecule has 0 spiro atoms. The molecule has 1 amide bonds. The van der Waals surface area contributed by atoms with Gasteiger partial charge in [0.2, 0.25) is 12.7 Å². The molecule has 4 rings (SSSR count). The van der Waals surface area contributed by atoms with Crippen molar-refractivity contribution in [2.24, 2.45) is 0 Å². The standard InChI is InChI=1S/C18H18FIN6O3/c1-2-14(27)22-3-4-26-13(23-15-16(21)24-18(19)25-17(15)26)6-9-5-11-12(7-10(9)20)29-8-28-11/h5,7H,2-4,6,8H2,1H3,(H,22,27)(H2,21,24,25). The summed E-state index contributed by atoms with van der Waals surface area (Å²) in [5, 5.41) is 2.81. The molecule has 3 heterocycles. The van der Waals surface area contributed by atoms with Crippen LogP contribution in [-0.4, -0.2) is 38.8 Å². The molecule has 11 heteroatoms. The molecule has 0 atom stereocenters. The lowest BCUT2D eigenvalue weighted by Crippen LogP contribution is -2.27. The maximum atomic E-state index is 13.8. The Bertz CT molecular complexity index is 1100. The van der Waals surface area contributed by atoms with Gasteiger partial charge in [0.15, 0.2) is 28.5 Å². The number of nitrogens with zero attached hydrogens (tertiary/aromatic N) is 4. The molecule has 1 aliphatic heterocycles. The minimum Gasteiger partial charge on any atom is -0.454 e.